The van der Waals surface area contributed by atoms with Gasteiger partial charge >= 0.3 is 19.5 Å². The number of halogens is 6. The van der Waals surface area contributed by atoms with E-state index < -0.39 is 78.6 Å². The highest BCUT2D eigenvalue weighted by Gasteiger charge is 2.58. The highest BCUT2D eigenvalue weighted by atomic mass is 19.4. The number of alkyl halides is 6. The first-order valence-corrected chi connectivity index (χ1v) is 11.6. The van der Waals surface area contributed by atoms with Crippen LogP contribution in [-0.2, 0) is 33.2 Å². The number of aliphatic hydroxyl groups excluding tert-OH is 1. The molecule has 1 aliphatic carbocycles. The van der Waals surface area contributed by atoms with E-state index in [0.717, 1.165) is 0 Å². The van der Waals surface area contributed by atoms with E-state index in [1.807, 2.05) is 0 Å². The van der Waals surface area contributed by atoms with Crippen LogP contribution in [0.25, 0.3) is 0 Å². The van der Waals surface area contributed by atoms with Crippen LogP contribution in [0.5, 0.6) is 0 Å². The first kappa shape index (κ1) is 26.5. The molecule has 3 aliphatic rings. The second-order valence-electron chi connectivity index (χ2n) is 9.63. The molecule has 7 nitrogen and oxygen atoms in total. The zero-order chi connectivity index (χ0) is 27.7. The highest BCUT2D eigenvalue weighted by molar-refractivity contribution is 6.53. The third-order valence-electron chi connectivity index (χ3n) is 7.34. The van der Waals surface area contributed by atoms with Gasteiger partial charge in [0.25, 0.3) is 0 Å². The number of furan rings is 1. The monoisotopic (exact) mass is 543 g/mol. The summed E-state index contributed by atoms with van der Waals surface area (Å²) in [5, 5.41) is 20.0. The van der Waals surface area contributed by atoms with E-state index in [0.29, 0.717) is 28.1 Å². The summed E-state index contributed by atoms with van der Waals surface area (Å²) in [6, 6.07) is 3.63. The summed E-state index contributed by atoms with van der Waals surface area (Å²) in [6.07, 6.45) is -11.2. The number of allylic oxidation sites excluding steroid dienone is 2. The van der Waals surface area contributed by atoms with Gasteiger partial charge in [0.05, 0.1) is 28.7 Å². The Balaban J connectivity index is 1.55. The number of carbonyl (C=O) groups excluding carboxylic acids is 2. The minimum absolute atomic E-state index is 0.0246. The number of fused-ring (bicyclic) bond motifs is 3. The lowest BCUT2D eigenvalue weighted by atomic mass is 9.55. The van der Waals surface area contributed by atoms with Gasteiger partial charge in [-0.2, -0.15) is 26.3 Å². The minimum Gasteiger partial charge on any atom is -0.461 e. The van der Waals surface area contributed by atoms with Crippen LogP contribution in [-0.4, -0.2) is 29.1 Å². The second kappa shape index (κ2) is 8.99. The lowest BCUT2D eigenvalue weighted by molar-refractivity contribution is -0.143. The molecule has 0 radical (unpaired) electrons. The number of amides is 2. The Labute approximate surface area is 211 Å². The molecule has 2 fully saturated rings. The molecule has 3 heterocycles. The highest BCUT2D eigenvalue weighted by Crippen LogP contribution is 2.52. The van der Waals surface area contributed by atoms with Gasteiger partial charge < -0.3 is 19.2 Å². The molecular weight excluding hydrogens is 523 g/mol. The molecule has 0 unspecified atom stereocenters. The minimum atomic E-state index is -5.16. The van der Waals surface area contributed by atoms with Gasteiger partial charge in [0.15, 0.2) is 0 Å². The number of carbonyl (C=O) groups is 2. The molecule has 2 N–H and O–H groups in total. The van der Waals surface area contributed by atoms with Crippen molar-refractivity contribution in [3.63, 3.8) is 0 Å². The van der Waals surface area contributed by atoms with E-state index >= 15 is 0 Å². The number of anilines is 1. The SMILES string of the molecule is CC1=C2B(O)O[C@H](c3ccc(CO)o3)C[C@H]2[C@H]2C(=O)N(c3cc(C(F)(F)F)cc(C(F)(F)F)c3)C(=O)[C@H]2C1. The molecular formula is C24H20BF6NO6. The van der Waals surface area contributed by atoms with Crippen molar-refractivity contribution in [2.45, 2.75) is 44.8 Å². The summed E-state index contributed by atoms with van der Waals surface area (Å²) in [4.78, 5) is 27.3. The van der Waals surface area contributed by atoms with Gasteiger partial charge in [-0.3, -0.25) is 9.59 Å². The maximum Gasteiger partial charge on any atom is 0.487 e. The van der Waals surface area contributed by atoms with Gasteiger partial charge in [-0.15, -0.1) is 0 Å². The van der Waals surface area contributed by atoms with Crippen LogP contribution in [0.2, 0.25) is 0 Å². The fourth-order valence-corrected chi connectivity index (χ4v) is 5.71. The van der Waals surface area contributed by atoms with Crippen LogP contribution in [0.3, 0.4) is 0 Å². The predicted octanol–water partition coefficient (Wildman–Crippen LogP) is 4.43. The van der Waals surface area contributed by atoms with E-state index in [1.54, 1.807) is 6.92 Å². The standard InChI is InChI=1S/C24H20BF6NO6/c1-10-4-16-19(15-8-18(38-25(36)20(10)15)17-3-2-14(9-33)37-17)22(35)32(21(16)34)13-6-11(23(26,27)28)5-12(7-13)24(29,30)31/h2-3,5-7,15-16,18-19,33,36H,4,8-9H2,1H3/t15-,16-,18-,19+/m0/s1. The summed E-state index contributed by atoms with van der Waals surface area (Å²) >= 11 is 0. The van der Waals surface area contributed by atoms with E-state index in [9.17, 15) is 46.1 Å². The third kappa shape index (κ3) is 4.33. The summed E-state index contributed by atoms with van der Waals surface area (Å²) in [6.45, 7) is 1.22. The average Bonchev–Trinajstić information content (AvgIpc) is 3.40. The third-order valence-corrected chi connectivity index (χ3v) is 7.34. The first-order valence-electron chi connectivity index (χ1n) is 11.6. The molecule has 1 aromatic carbocycles. The molecule has 5 rings (SSSR count). The van der Waals surface area contributed by atoms with Crippen LogP contribution in [0, 0.1) is 17.8 Å². The molecule has 4 atom stereocenters. The lowest BCUT2D eigenvalue weighted by Crippen LogP contribution is -2.44. The Bertz CT molecular complexity index is 1300. The molecule has 0 spiro atoms. The van der Waals surface area contributed by atoms with Crippen molar-refractivity contribution in [2.24, 2.45) is 17.8 Å². The lowest BCUT2D eigenvalue weighted by Gasteiger charge is -2.40. The number of aliphatic hydroxyl groups is 1. The number of imide groups is 1. The van der Waals surface area contributed by atoms with Gasteiger partial charge in [0, 0.05) is 0 Å². The second-order valence-corrected chi connectivity index (χ2v) is 9.63. The Morgan fingerprint density at radius 2 is 1.63 bits per heavy atom. The number of rotatable bonds is 3. The van der Waals surface area contributed by atoms with Crippen LogP contribution in [0.15, 0.2) is 45.8 Å². The topological polar surface area (TPSA) is 100 Å². The molecule has 1 aromatic heterocycles. The van der Waals surface area contributed by atoms with Crippen molar-refractivity contribution in [1.82, 2.24) is 0 Å². The van der Waals surface area contributed by atoms with Crippen molar-refractivity contribution in [2.75, 3.05) is 4.90 Å². The maximum absolute atomic E-state index is 13.6. The largest absolute Gasteiger partial charge is 0.487 e. The summed E-state index contributed by atoms with van der Waals surface area (Å²) in [7, 11) is -1.48. The molecule has 2 saturated heterocycles. The fourth-order valence-electron chi connectivity index (χ4n) is 5.71. The summed E-state index contributed by atoms with van der Waals surface area (Å²) < 4.78 is 91.7. The first-order chi connectivity index (χ1) is 17.7. The number of hydrogen-bond donors (Lipinski definition) is 2. The Morgan fingerprint density at radius 3 is 2.18 bits per heavy atom. The number of nitrogens with zero attached hydrogens (tertiary/aromatic N) is 1. The fraction of sp³-hybridized carbons (Fsp3) is 0.417. The Morgan fingerprint density at radius 1 is 1.00 bits per heavy atom. The quantitative estimate of drug-likeness (QED) is 0.338. The van der Waals surface area contributed by atoms with Crippen molar-refractivity contribution >= 4 is 24.6 Å². The van der Waals surface area contributed by atoms with Gasteiger partial charge in [-0.25, -0.2) is 4.90 Å². The van der Waals surface area contributed by atoms with Gasteiger partial charge in [0.2, 0.25) is 11.8 Å². The molecule has 2 amide bonds. The molecule has 0 saturated carbocycles. The van der Waals surface area contributed by atoms with E-state index in [2.05, 4.69) is 0 Å². The Kier molecular flexibility index (Phi) is 6.27. The molecule has 38 heavy (non-hydrogen) atoms. The van der Waals surface area contributed by atoms with Crippen molar-refractivity contribution < 1.29 is 55.1 Å². The molecule has 0 bridgehead atoms. The van der Waals surface area contributed by atoms with Gasteiger partial charge in [0.1, 0.15) is 24.2 Å². The maximum atomic E-state index is 13.6. The van der Waals surface area contributed by atoms with Gasteiger partial charge in [-0.05, 0) is 61.5 Å². The smallest absolute Gasteiger partial charge is 0.461 e. The average molecular weight is 543 g/mol. The van der Waals surface area contributed by atoms with E-state index in [1.165, 1.54) is 12.1 Å². The van der Waals surface area contributed by atoms with Gasteiger partial charge in [-0.1, -0.05) is 5.57 Å². The van der Waals surface area contributed by atoms with Crippen molar-refractivity contribution in [3.8, 4) is 0 Å². The van der Waals surface area contributed by atoms with E-state index in [4.69, 9.17) is 9.07 Å². The summed E-state index contributed by atoms with van der Waals surface area (Å²) in [5.74, 6) is -4.38. The van der Waals surface area contributed by atoms with Crippen molar-refractivity contribution in [3.05, 3.63) is 64.0 Å². The zero-order valence-corrected chi connectivity index (χ0v) is 19.6. The molecule has 14 heteroatoms. The predicted molar refractivity (Wildman–Crippen MR) is 118 cm³/mol. The summed E-state index contributed by atoms with van der Waals surface area (Å²) in [5.41, 5.74) is -3.22. The van der Waals surface area contributed by atoms with Crippen LogP contribution >= 0.6 is 0 Å². The Hall–Kier alpha value is -3.10. The van der Waals surface area contributed by atoms with Crippen molar-refractivity contribution in [1.29, 1.82) is 0 Å². The molecule has 202 valence electrons. The number of hydrogen-bond acceptors (Lipinski definition) is 6. The van der Waals surface area contributed by atoms with Crippen LogP contribution in [0.4, 0.5) is 32.0 Å². The molecule has 2 aromatic rings. The normalized spacial score (nSPS) is 26.2. The van der Waals surface area contributed by atoms with E-state index in [-0.39, 0.29) is 30.4 Å². The number of benzene rings is 1. The zero-order valence-electron chi connectivity index (χ0n) is 19.6. The van der Waals surface area contributed by atoms with Crippen LogP contribution in [0.1, 0.15) is 48.5 Å². The van der Waals surface area contributed by atoms with Crippen LogP contribution < -0.4 is 4.90 Å². The molecule has 2 aliphatic heterocycles.